The first-order chi connectivity index (χ1) is 9.31. The predicted octanol–water partition coefficient (Wildman–Crippen LogP) is 1.75. The van der Waals surface area contributed by atoms with Gasteiger partial charge in [0.2, 0.25) is 0 Å². The molecule has 1 fully saturated rings. The minimum atomic E-state index is 0.739. The fourth-order valence-electron chi connectivity index (χ4n) is 3.10. The quantitative estimate of drug-likeness (QED) is 0.581. The lowest BCUT2D eigenvalue weighted by Gasteiger charge is -2.25. The number of nitrogens with one attached hydrogen (secondary N) is 1. The molecule has 1 aliphatic rings. The zero-order valence-electron chi connectivity index (χ0n) is 13.0. The van der Waals surface area contributed by atoms with E-state index in [9.17, 15) is 0 Å². The minimum Gasteiger partial charge on any atom is -0.385 e. The van der Waals surface area contributed by atoms with E-state index in [2.05, 4.69) is 17.3 Å². The minimum absolute atomic E-state index is 0.739. The molecule has 1 saturated carbocycles. The third-order valence-electron chi connectivity index (χ3n) is 4.28. The molecular weight excluding hydrogens is 240 g/mol. The molecule has 19 heavy (non-hydrogen) atoms. The molecule has 4 heteroatoms. The molecule has 2 atom stereocenters. The van der Waals surface area contributed by atoms with Gasteiger partial charge < -0.3 is 19.7 Å². The normalized spacial score (nSPS) is 23.4. The SMILES string of the molecule is CNC1CCCC1CCN(CCCOC)CCOC. The Morgan fingerprint density at radius 1 is 1.05 bits per heavy atom. The van der Waals surface area contributed by atoms with Gasteiger partial charge >= 0.3 is 0 Å². The van der Waals surface area contributed by atoms with Crippen LogP contribution in [-0.2, 0) is 9.47 Å². The van der Waals surface area contributed by atoms with Crippen molar-refractivity contribution >= 4 is 0 Å². The highest BCUT2D eigenvalue weighted by atomic mass is 16.5. The van der Waals surface area contributed by atoms with Crippen molar-refractivity contribution < 1.29 is 9.47 Å². The van der Waals surface area contributed by atoms with Crippen LogP contribution in [-0.4, -0.2) is 65.1 Å². The molecule has 0 heterocycles. The molecule has 0 aromatic carbocycles. The molecule has 4 nitrogen and oxygen atoms in total. The largest absolute Gasteiger partial charge is 0.385 e. The summed E-state index contributed by atoms with van der Waals surface area (Å²) in [5.41, 5.74) is 0. The van der Waals surface area contributed by atoms with Gasteiger partial charge in [0, 0.05) is 40.0 Å². The highest BCUT2D eigenvalue weighted by Crippen LogP contribution is 2.28. The van der Waals surface area contributed by atoms with Crippen LogP contribution in [0.1, 0.15) is 32.1 Å². The van der Waals surface area contributed by atoms with Crippen LogP contribution in [0.2, 0.25) is 0 Å². The van der Waals surface area contributed by atoms with E-state index >= 15 is 0 Å². The number of nitrogens with zero attached hydrogens (tertiary/aromatic N) is 1. The van der Waals surface area contributed by atoms with Crippen LogP contribution in [0.4, 0.5) is 0 Å². The average Bonchev–Trinajstić information content (AvgIpc) is 2.88. The maximum atomic E-state index is 5.21. The molecule has 2 unspecified atom stereocenters. The van der Waals surface area contributed by atoms with Crippen LogP contribution in [0.3, 0.4) is 0 Å². The van der Waals surface area contributed by atoms with Gasteiger partial charge in [-0.05, 0) is 45.2 Å². The lowest BCUT2D eigenvalue weighted by Crippen LogP contribution is -2.34. The molecule has 0 saturated heterocycles. The van der Waals surface area contributed by atoms with Gasteiger partial charge in [-0.2, -0.15) is 0 Å². The van der Waals surface area contributed by atoms with E-state index < -0.39 is 0 Å². The van der Waals surface area contributed by atoms with Crippen molar-refractivity contribution in [1.82, 2.24) is 10.2 Å². The molecule has 0 aromatic rings. The van der Waals surface area contributed by atoms with Crippen molar-refractivity contribution in [3.05, 3.63) is 0 Å². The molecule has 114 valence electrons. The maximum absolute atomic E-state index is 5.21. The van der Waals surface area contributed by atoms with Gasteiger partial charge in [0.1, 0.15) is 0 Å². The Hall–Kier alpha value is -0.160. The Bertz CT molecular complexity index is 214. The second-order valence-electron chi connectivity index (χ2n) is 5.56. The van der Waals surface area contributed by atoms with E-state index in [0.29, 0.717) is 0 Å². The lowest BCUT2D eigenvalue weighted by molar-refractivity contribution is 0.128. The van der Waals surface area contributed by atoms with Crippen LogP contribution in [0.25, 0.3) is 0 Å². The summed E-state index contributed by atoms with van der Waals surface area (Å²) in [5, 5.41) is 3.47. The zero-order valence-corrected chi connectivity index (χ0v) is 13.0. The monoisotopic (exact) mass is 272 g/mol. The zero-order chi connectivity index (χ0) is 13.9. The summed E-state index contributed by atoms with van der Waals surface area (Å²) in [6.07, 6.45) is 6.55. The highest BCUT2D eigenvalue weighted by molar-refractivity contribution is 4.82. The molecule has 1 aliphatic carbocycles. The first-order valence-corrected chi connectivity index (χ1v) is 7.69. The summed E-state index contributed by atoms with van der Waals surface area (Å²) in [6.45, 7) is 5.03. The number of rotatable bonds is 11. The Labute approximate surface area is 118 Å². The van der Waals surface area contributed by atoms with E-state index in [-0.39, 0.29) is 0 Å². The molecule has 0 bridgehead atoms. The average molecular weight is 272 g/mol. The van der Waals surface area contributed by atoms with E-state index in [1.54, 1.807) is 14.2 Å². The molecular formula is C15H32N2O2. The van der Waals surface area contributed by atoms with Crippen molar-refractivity contribution in [2.45, 2.75) is 38.1 Å². The van der Waals surface area contributed by atoms with E-state index in [1.165, 1.54) is 32.2 Å². The second kappa shape index (κ2) is 10.6. The standard InChI is InChI=1S/C15H32N2O2/c1-16-15-7-4-6-14(15)8-10-17(11-13-19-3)9-5-12-18-2/h14-16H,4-13H2,1-3H3. The first kappa shape index (κ1) is 16.9. The number of hydrogen-bond donors (Lipinski definition) is 1. The topological polar surface area (TPSA) is 33.7 Å². The highest BCUT2D eigenvalue weighted by Gasteiger charge is 2.25. The van der Waals surface area contributed by atoms with Crippen LogP contribution in [0, 0.1) is 5.92 Å². The molecule has 0 radical (unpaired) electrons. The van der Waals surface area contributed by atoms with E-state index in [4.69, 9.17) is 9.47 Å². The van der Waals surface area contributed by atoms with Crippen LogP contribution >= 0.6 is 0 Å². The van der Waals surface area contributed by atoms with Gasteiger partial charge in [-0.25, -0.2) is 0 Å². The van der Waals surface area contributed by atoms with Crippen LogP contribution in [0.5, 0.6) is 0 Å². The summed E-state index contributed by atoms with van der Waals surface area (Å²) >= 11 is 0. The number of ether oxygens (including phenoxy) is 2. The molecule has 0 amide bonds. The van der Waals surface area contributed by atoms with Crippen molar-refractivity contribution in [2.24, 2.45) is 5.92 Å². The van der Waals surface area contributed by atoms with Gasteiger partial charge in [-0.1, -0.05) is 6.42 Å². The Balaban J connectivity index is 2.25. The van der Waals surface area contributed by atoms with E-state index in [0.717, 1.165) is 44.7 Å². The van der Waals surface area contributed by atoms with Gasteiger partial charge in [0.25, 0.3) is 0 Å². The maximum Gasteiger partial charge on any atom is 0.0589 e. The Morgan fingerprint density at radius 3 is 2.53 bits per heavy atom. The van der Waals surface area contributed by atoms with Gasteiger partial charge in [-0.3, -0.25) is 0 Å². The third-order valence-corrected chi connectivity index (χ3v) is 4.28. The first-order valence-electron chi connectivity index (χ1n) is 7.69. The van der Waals surface area contributed by atoms with Crippen molar-refractivity contribution in [3.8, 4) is 0 Å². The fourth-order valence-corrected chi connectivity index (χ4v) is 3.10. The molecule has 0 aliphatic heterocycles. The van der Waals surface area contributed by atoms with Gasteiger partial charge in [0.05, 0.1) is 6.61 Å². The van der Waals surface area contributed by atoms with Crippen molar-refractivity contribution in [3.63, 3.8) is 0 Å². The number of hydrogen-bond acceptors (Lipinski definition) is 4. The van der Waals surface area contributed by atoms with Crippen LogP contribution < -0.4 is 5.32 Å². The Morgan fingerprint density at radius 2 is 1.84 bits per heavy atom. The third kappa shape index (κ3) is 6.70. The fraction of sp³-hybridized carbons (Fsp3) is 1.00. The van der Waals surface area contributed by atoms with E-state index in [1.807, 2.05) is 0 Å². The summed E-state index contributed by atoms with van der Waals surface area (Å²) in [7, 11) is 5.65. The summed E-state index contributed by atoms with van der Waals surface area (Å²) < 4.78 is 10.3. The molecule has 0 spiro atoms. The Kier molecular flexibility index (Phi) is 9.43. The van der Waals surface area contributed by atoms with Crippen molar-refractivity contribution in [1.29, 1.82) is 0 Å². The number of methoxy groups -OCH3 is 2. The lowest BCUT2D eigenvalue weighted by atomic mass is 9.99. The second-order valence-corrected chi connectivity index (χ2v) is 5.56. The van der Waals surface area contributed by atoms with Gasteiger partial charge in [-0.15, -0.1) is 0 Å². The summed E-state index contributed by atoms with van der Waals surface area (Å²) in [6, 6.07) is 0.739. The smallest absolute Gasteiger partial charge is 0.0589 e. The summed E-state index contributed by atoms with van der Waals surface area (Å²) in [4.78, 5) is 2.52. The molecule has 1 N–H and O–H groups in total. The molecule has 0 aromatic heterocycles. The predicted molar refractivity (Wildman–Crippen MR) is 79.6 cm³/mol. The van der Waals surface area contributed by atoms with Gasteiger partial charge in [0.15, 0.2) is 0 Å². The molecule has 1 rings (SSSR count). The van der Waals surface area contributed by atoms with Crippen LogP contribution in [0.15, 0.2) is 0 Å². The summed E-state index contributed by atoms with van der Waals surface area (Å²) in [5.74, 6) is 0.859. The van der Waals surface area contributed by atoms with Crippen molar-refractivity contribution in [2.75, 3.05) is 54.1 Å².